The molecule has 0 saturated carbocycles. The number of carbonyl (C=O) groups is 4. The SMILES string of the molecule is NC(CCC(=O)C(N)(CCCC(=O)O)C(=O)O)C(=O)O. The second-order valence-electron chi connectivity index (χ2n) is 4.43. The van der Waals surface area contributed by atoms with E-state index in [2.05, 4.69) is 0 Å². The lowest BCUT2D eigenvalue weighted by Gasteiger charge is -2.23. The number of carboxylic acid groups (broad SMARTS) is 3. The number of ketones is 1. The van der Waals surface area contributed by atoms with E-state index in [0.717, 1.165) is 0 Å². The molecule has 0 rings (SSSR count). The number of rotatable bonds is 10. The highest BCUT2D eigenvalue weighted by Gasteiger charge is 2.41. The van der Waals surface area contributed by atoms with Crippen LogP contribution < -0.4 is 11.5 Å². The monoisotopic (exact) mass is 290 g/mol. The molecular weight excluding hydrogens is 272 g/mol. The van der Waals surface area contributed by atoms with Crippen molar-refractivity contribution in [3.05, 3.63) is 0 Å². The number of Topliss-reactive ketones (excluding diaryl/α,β-unsaturated/α-hetero) is 1. The molecule has 9 heteroatoms. The fourth-order valence-corrected chi connectivity index (χ4v) is 1.52. The molecule has 0 aliphatic carbocycles. The van der Waals surface area contributed by atoms with Crippen molar-refractivity contribution < 1.29 is 34.5 Å². The molecule has 20 heavy (non-hydrogen) atoms. The van der Waals surface area contributed by atoms with Crippen molar-refractivity contribution in [3.8, 4) is 0 Å². The molecule has 2 unspecified atom stereocenters. The largest absolute Gasteiger partial charge is 0.481 e. The van der Waals surface area contributed by atoms with Crippen LogP contribution in [0.5, 0.6) is 0 Å². The normalized spacial score (nSPS) is 15.1. The molecule has 0 amide bonds. The van der Waals surface area contributed by atoms with Gasteiger partial charge in [0.2, 0.25) is 0 Å². The lowest BCUT2D eigenvalue weighted by atomic mass is 9.86. The Labute approximate surface area is 114 Å². The zero-order chi connectivity index (χ0) is 15.9. The predicted molar refractivity (Wildman–Crippen MR) is 65.9 cm³/mol. The van der Waals surface area contributed by atoms with Crippen LogP contribution in [0.3, 0.4) is 0 Å². The Kier molecular flexibility index (Phi) is 6.80. The standard InChI is InChI=1S/C11H18N2O7/c12-6(9(17)18)3-4-7(14)11(13,10(19)20)5-1-2-8(15)16/h6H,1-5,12-13H2,(H,15,16)(H,17,18)(H,19,20). The number of hydrogen-bond donors (Lipinski definition) is 5. The van der Waals surface area contributed by atoms with Gasteiger partial charge in [0.15, 0.2) is 11.3 Å². The molecule has 0 fully saturated rings. The van der Waals surface area contributed by atoms with Gasteiger partial charge >= 0.3 is 17.9 Å². The minimum Gasteiger partial charge on any atom is -0.481 e. The van der Waals surface area contributed by atoms with Crippen molar-refractivity contribution in [2.24, 2.45) is 11.5 Å². The smallest absolute Gasteiger partial charge is 0.331 e. The van der Waals surface area contributed by atoms with Crippen LogP contribution in [0.1, 0.15) is 32.1 Å². The summed E-state index contributed by atoms with van der Waals surface area (Å²) < 4.78 is 0. The fraction of sp³-hybridized carbons (Fsp3) is 0.636. The van der Waals surface area contributed by atoms with Crippen molar-refractivity contribution in [1.82, 2.24) is 0 Å². The molecule has 0 bridgehead atoms. The summed E-state index contributed by atoms with van der Waals surface area (Å²) in [6.45, 7) is 0. The third-order valence-corrected chi connectivity index (χ3v) is 2.84. The highest BCUT2D eigenvalue weighted by atomic mass is 16.4. The first kappa shape index (κ1) is 18.0. The Balaban J connectivity index is 4.63. The van der Waals surface area contributed by atoms with Gasteiger partial charge in [-0.05, 0) is 19.3 Å². The molecule has 7 N–H and O–H groups in total. The summed E-state index contributed by atoms with van der Waals surface area (Å²) in [7, 11) is 0. The molecule has 114 valence electrons. The van der Waals surface area contributed by atoms with Crippen molar-refractivity contribution in [1.29, 1.82) is 0 Å². The fourth-order valence-electron chi connectivity index (χ4n) is 1.52. The average molecular weight is 290 g/mol. The van der Waals surface area contributed by atoms with Gasteiger partial charge in [-0.1, -0.05) is 0 Å². The second kappa shape index (κ2) is 7.56. The lowest BCUT2D eigenvalue weighted by Crippen LogP contribution is -2.55. The minimum absolute atomic E-state index is 0.0745. The lowest BCUT2D eigenvalue weighted by molar-refractivity contribution is -0.149. The Morgan fingerprint density at radius 2 is 1.60 bits per heavy atom. The van der Waals surface area contributed by atoms with Gasteiger partial charge in [-0.15, -0.1) is 0 Å². The van der Waals surface area contributed by atoms with Crippen LogP contribution in [0.15, 0.2) is 0 Å². The van der Waals surface area contributed by atoms with Crippen molar-refractivity contribution in [2.45, 2.75) is 43.7 Å². The van der Waals surface area contributed by atoms with E-state index in [-0.39, 0.29) is 25.7 Å². The van der Waals surface area contributed by atoms with E-state index in [1.54, 1.807) is 0 Å². The molecule has 0 saturated heterocycles. The van der Waals surface area contributed by atoms with E-state index in [4.69, 9.17) is 26.8 Å². The van der Waals surface area contributed by atoms with Gasteiger partial charge in [-0.25, -0.2) is 4.79 Å². The van der Waals surface area contributed by atoms with E-state index < -0.39 is 41.7 Å². The third-order valence-electron chi connectivity index (χ3n) is 2.84. The van der Waals surface area contributed by atoms with Crippen LogP contribution in [-0.4, -0.2) is 50.6 Å². The van der Waals surface area contributed by atoms with Gasteiger partial charge < -0.3 is 26.8 Å². The summed E-state index contributed by atoms with van der Waals surface area (Å²) in [4.78, 5) is 43.7. The molecular formula is C11H18N2O7. The van der Waals surface area contributed by atoms with Gasteiger partial charge in [-0.2, -0.15) is 0 Å². The number of aliphatic carboxylic acids is 3. The zero-order valence-electron chi connectivity index (χ0n) is 10.7. The maximum absolute atomic E-state index is 11.8. The Hall–Kier alpha value is -2.00. The second-order valence-corrected chi connectivity index (χ2v) is 4.43. The molecule has 0 heterocycles. The predicted octanol–water partition coefficient (Wildman–Crippen LogP) is -1.22. The first-order valence-electron chi connectivity index (χ1n) is 5.87. The molecule has 0 aliphatic heterocycles. The molecule has 0 aromatic rings. The highest BCUT2D eigenvalue weighted by molar-refractivity contribution is 6.07. The summed E-state index contributed by atoms with van der Waals surface area (Å²) in [6.07, 6.45) is -1.36. The summed E-state index contributed by atoms with van der Waals surface area (Å²) in [5.74, 6) is -4.87. The maximum Gasteiger partial charge on any atom is 0.331 e. The average Bonchev–Trinajstić information content (AvgIpc) is 2.34. The van der Waals surface area contributed by atoms with Gasteiger partial charge in [-0.3, -0.25) is 14.4 Å². The van der Waals surface area contributed by atoms with Crippen LogP contribution in [0.4, 0.5) is 0 Å². The maximum atomic E-state index is 11.8. The Morgan fingerprint density at radius 3 is 2.00 bits per heavy atom. The van der Waals surface area contributed by atoms with Crippen LogP contribution >= 0.6 is 0 Å². The quantitative estimate of drug-likeness (QED) is 0.308. The van der Waals surface area contributed by atoms with E-state index in [1.165, 1.54) is 0 Å². The molecule has 9 nitrogen and oxygen atoms in total. The van der Waals surface area contributed by atoms with Gasteiger partial charge in [0.1, 0.15) is 6.04 Å². The number of hydrogen-bond acceptors (Lipinski definition) is 6. The first-order valence-corrected chi connectivity index (χ1v) is 5.87. The molecule has 0 aliphatic rings. The number of carbonyl (C=O) groups excluding carboxylic acids is 1. The van der Waals surface area contributed by atoms with E-state index >= 15 is 0 Å². The van der Waals surface area contributed by atoms with Crippen LogP contribution in [0, 0.1) is 0 Å². The molecule has 0 spiro atoms. The summed E-state index contributed by atoms with van der Waals surface area (Å²) in [6, 6.07) is -1.28. The van der Waals surface area contributed by atoms with Gasteiger partial charge in [0.05, 0.1) is 0 Å². The van der Waals surface area contributed by atoms with Gasteiger partial charge in [0.25, 0.3) is 0 Å². The van der Waals surface area contributed by atoms with E-state index in [9.17, 15) is 19.2 Å². The van der Waals surface area contributed by atoms with E-state index in [1.807, 2.05) is 0 Å². The molecule has 0 aromatic carbocycles. The van der Waals surface area contributed by atoms with Gasteiger partial charge in [0, 0.05) is 12.8 Å². The summed E-state index contributed by atoms with van der Waals surface area (Å²) in [5.41, 5.74) is 8.49. The van der Waals surface area contributed by atoms with Crippen molar-refractivity contribution in [3.63, 3.8) is 0 Å². The topological polar surface area (TPSA) is 181 Å². The Bertz CT molecular complexity index is 410. The minimum atomic E-state index is -2.21. The van der Waals surface area contributed by atoms with Crippen molar-refractivity contribution in [2.75, 3.05) is 0 Å². The summed E-state index contributed by atoms with van der Waals surface area (Å²) in [5, 5.41) is 26.0. The number of nitrogens with two attached hydrogens (primary N) is 2. The van der Waals surface area contributed by atoms with Crippen molar-refractivity contribution >= 4 is 23.7 Å². The van der Waals surface area contributed by atoms with Crippen LogP contribution in [-0.2, 0) is 19.2 Å². The Morgan fingerprint density at radius 1 is 1.05 bits per heavy atom. The molecule has 0 radical (unpaired) electrons. The first-order chi connectivity index (χ1) is 9.11. The van der Waals surface area contributed by atoms with Crippen LogP contribution in [0.25, 0.3) is 0 Å². The van der Waals surface area contributed by atoms with Crippen LogP contribution in [0.2, 0.25) is 0 Å². The third kappa shape index (κ3) is 5.33. The molecule has 0 aromatic heterocycles. The molecule has 2 atom stereocenters. The number of carboxylic acids is 3. The zero-order valence-corrected chi connectivity index (χ0v) is 10.7. The highest BCUT2D eigenvalue weighted by Crippen LogP contribution is 2.17. The van der Waals surface area contributed by atoms with E-state index in [0.29, 0.717) is 0 Å². The summed E-state index contributed by atoms with van der Waals surface area (Å²) >= 11 is 0.